The van der Waals surface area contributed by atoms with Gasteiger partial charge in [-0.2, -0.15) is 0 Å². The lowest BCUT2D eigenvalue weighted by molar-refractivity contribution is -0.137. The van der Waals surface area contributed by atoms with Gasteiger partial charge in [-0.25, -0.2) is 0 Å². The van der Waals surface area contributed by atoms with Crippen molar-refractivity contribution in [1.29, 1.82) is 0 Å². The van der Waals surface area contributed by atoms with E-state index in [1.54, 1.807) is 0 Å². The third-order valence-electron chi connectivity index (χ3n) is 3.06. The van der Waals surface area contributed by atoms with Gasteiger partial charge in [-0.3, -0.25) is 4.79 Å². The maximum atomic E-state index is 10.4. The van der Waals surface area contributed by atoms with E-state index < -0.39 is 5.97 Å². The lowest BCUT2D eigenvalue weighted by Gasteiger charge is -2.32. The summed E-state index contributed by atoms with van der Waals surface area (Å²) in [4.78, 5) is 12.7. The summed E-state index contributed by atoms with van der Waals surface area (Å²) in [6, 6.07) is 0. The van der Waals surface area contributed by atoms with Crippen LogP contribution in [0.5, 0.6) is 0 Å². The highest BCUT2D eigenvalue weighted by Crippen LogP contribution is 2.15. The highest BCUT2D eigenvalue weighted by atomic mass is 16.5. The predicted molar refractivity (Wildman–Crippen MR) is 67.1 cm³/mol. The van der Waals surface area contributed by atoms with Gasteiger partial charge in [0.25, 0.3) is 0 Å². The molecule has 1 aliphatic rings. The summed E-state index contributed by atoms with van der Waals surface area (Å²) in [5.74, 6) is -0.0938. The fraction of sp³-hybridized carbons (Fsp3) is 0.923. The molecule has 1 heterocycles. The van der Waals surface area contributed by atoms with E-state index in [0.29, 0.717) is 12.0 Å². The predicted octanol–water partition coefficient (Wildman–Crippen LogP) is 1.99. The number of piperidine rings is 1. The molecular weight excluding hydrogens is 218 g/mol. The van der Waals surface area contributed by atoms with Crippen molar-refractivity contribution in [3.05, 3.63) is 0 Å². The highest BCUT2D eigenvalue weighted by molar-refractivity contribution is 5.66. The van der Waals surface area contributed by atoms with Crippen molar-refractivity contribution in [1.82, 2.24) is 4.90 Å². The molecule has 0 atom stereocenters. The molecule has 0 spiro atoms. The molecular formula is C13H25NO3. The molecule has 1 fully saturated rings. The Kier molecular flexibility index (Phi) is 6.52. The van der Waals surface area contributed by atoms with Crippen LogP contribution in [0.3, 0.4) is 0 Å². The Morgan fingerprint density at radius 2 is 2.06 bits per heavy atom. The summed E-state index contributed by atoms with van der Waals surface area (Å²) in [7, 11) is 0. The molecule has 0 amide bonds. The van der Waals surface area contributed by atoms with E-state index in [0.717, 1.165) is 45.5 Å². The van der Waals surface area contributed by atoms with E-state index in [9.17, 15) is 4.79 Å². The Morgan fingerprint density at radius 1 is 1.41 bits per heavy atom. The van der Waals surface area contributed by atoms with E-state index in [1.807, 2.05) is 0 Å². The maximum absolute atomic E-state index is 10.4. The highest BCUT2D eigenvalue weighted by Gasteiger charge is 2.19. The average Bonchev–Trinajstić information content (AvgIpc) is 2.27. The van der Waals surface area contributed by atoms with Crippen LogP contribution in [0.1, 0.15) is 39.5 Å². The third kappa shape index (κ3) is 6.64. The van der Waals surface area contributed by atoms with Crippen molar-refractivity contribution in [2.24, 2.45) is 5.92 Å². The number of aliphatic carboxylic acids is 1. The molecule has 4 heteroatoms. The van der Waals surface area contributed by atoms with E-state index in [2.05, 4.69) is 18.7 Å². The lowest BCUT2D eigenvalue weighted by Crippen LogP contribution is -2.38. The second kappa shape index (κ2) is 7.67. The first-order chi connectivity index (χ1) is 8.08. The Bertz CT molecular complexity index is 223. The van der Waals surface area contributed by atoms with Gasteiger partial charge in [0.1, 0.15) is 0 Å². The fourth-order valence-electron chi connectivity index (χ4n) is 2.08. The van der Waals surface area contributed by atoms with Gasteiger partial charge in [0.05, 0.1) is 6.10 Å². The number of likely N-dealkylation sites (tertiary alicyclic amines) is 1. The van der Waals surface area contributed by atoms with Gasteiger partial charge in [-0.1, -0.05) is 13.8 Å². The fourth-order valence-corrected chi connectivity index (χ4v) is 2.08. The lowest BCUT2D eigenvalue weighted by atomic mass is 10.1. The molecule has 1 N–H and O–H groups in total. The molecule has 0 unspecified atom stereocenters. The second-order valence-electron chi connectivity index (χ2n) is 5.27. The summed E-state index contributed by atoms with van der Waals surface area (Å²) < 4.78 is 5.81. The molecule has 0 saturated carbocycles. The number of hydrogen-bond acceptors (Lipinski definition) is 3. The Morgan fingerprint density at radius 3 is 2.59 bits per heavy atom. The van der Waals surface area contributed by atoms with Gasteiger partial charge in [-0.05, 0) is 31.7 Å². The molecule has 17 heavy (non-hydrogen) atoms. The molecule has 0 aliphatic carbocycles. The van der Waals surface area contributed by atoms with Crippen molar-refractivity contribution in [3.8, 4) is 0 Å². The molecule has 0 aromatic rings. The Hall–Kier alpha value is -0.610. The van der Waals surface area contributed by atoms with Crippen molar-refractivity contribution in [3.63, 3.8) is 0 Å². The van der Waals surface area contributed by atoms with E-state index in [1.165, 1.54) is 0 Å². The van der Waals surface area contributed by atoms with Crippen LogP contribution in [0.15, 0.2) is 0 Å². The van der Waals surface area contributed by atoms with Crippen LogP contribution in [-0.2, 0) is 9.53 Å². The minimum absolute atomic E-state index is 0.282. The number of ether oxygens (including phenoxy) is 1. The van der Waals surface area contributed by atoms with Gasteiger partial charge in [0, 0.05) is 26.1 Å². The van der Waals surface area contributed by atoms with Gasteiger partial charge < -0.3 is 14.7 Å². The molecule has 0 aromatic carbocycles. The van der Waals surface area contributed by atoms with Crippen molar-refractivity contribution in [2.75, 3.05) is 26.2 Å². The number of rotatable bonds is 7. The average molecular weight is 243 g/mol. The first-order valence-electron chi connectivity index (χ1n) is 6.63. The first kappa shape index (κ1) is 14.5. The first-order valence-corrected chi connectivity index (χ1v) is 6.63. The number of carboxylic acids is 1. The zero-order chi connectivity index (χ0) is 12.7. The van der Waals surface area contributed by atoms with E-state index in [-0.39, 0.29) is 6.42 Å². The number of carboxylic acid groups (broad SMARTS) is 1. The van der Waals surface area contributed by atoms with Crippen molar-refractivity contribution in [2.45, 2.75) is 45.6 Å². The number of carbonyl (C=O) groups is 1. The standard InChI is InChI=1S/C13H25NO3/c1-11(2)10-17-12-5-8-14(9-6-12)7-3-4-13(15)16/h11-12H,3-10H2,1-2H3,(H,15,16). The zero-order valence-electron chi connectivity index (χ0n) is 11.0. The molecule has 1 saturated heterocycles. The van der Waals surface area contributed by atoms with Crippen LogP contribution in [-0.4, -0.2) is 48.3 Å². The van der Waals surface area contributed by atoms with E-state index in [4.69, 9.17) is 9.84 Å². The van der Waals surface area contributed by atoms with Gasteiger partial charge >= 0.3 is 5.97 Å². The van der Waals surface area contributed by atoms with Crippen LogP contribution >= 0.6 is 0 Å². The van der Waals surface area contributed by atoms with Crippen LogP contribution in [0.25, 0.3) is 0 Å². The molecule has 0 radical (unpaired) electrons. The van der Waals surface area contributed by atoms with Crippen LogP contribution in [0.4, 0.5) is 0 Å². The maximum Gasteiger partial charge on any atom is 0.303 e. The van der Waals surface area contributed by atoms with Gasteiger partial charge in [-0.15, -0.1) is 0 Å². The molecule has 1 aliphatic heterocycles. The van der Waals surface area contributed by atoms with Crippen molar-refractivity contribution >= 4 is 5.97 Å². The monoisotopic (exact) mass is 243 g/mol. The molecule has 1 rings (SSSR count). The molecule has 4 nitrogen and oxygen atoms in total. The molecule has 0 bridgehead atoms. The summed E-state index contributed by atoms with van der Waals surface area (Å²) in [6.45, 7) is 8.18. The van der Waals surface area contributed by atoms with E-state index >= 15 is 0 Å². The SMILES string of the molecule is CC(C)COC1CCN(CCCC(=O)O)CC1. The van der Waals surface area contributed by atoms with Crippen LogP contribution in [0.2, 0.25) is 0 Å². The smallest absolute Gasteiger partial charge is 0.303 e. The summed E-state index contributed by atoms with van der Waals surface area (Å²) in [6.07, 6.45) is 3.61. The number of nitrogens with zero attached hydrogens (tertiary/aromatic N) is 1. The molecule has 100 valence electrons. The second-order valence-corrected chi connectivity index (χ2v) is 5.27. The minimum Gasteiger partial charge on any atom is -0.481 e. The quantitative estimate of drug-likeness (QED) is 0.743. The zero-order valence-corrected chi connectivity index (χ0v) is 11.0. The largest absolute Gasteiger partial charge is 0.481 e. The number of hydrogen-bond donors (Lipinski definition) is 1. The molecule has 0 aromatic heterocycles. The Labute approximate surface area is 104 Å². The Balaban J connectivity index is 2.07. The summed E-state index contributed by atoms with van der Waals surface area (Å²) >= 11 is 0. The van der Waals surface area contributed by atoms with Gasteiger partial charge in [0.15, 0.2) is 0 Å². The normalized spacial score (nSPS) is 18.8. The topological polar surface area (TPSA) is 49.8 Å². The third-order valence-corrected chi connectivity index (χ3v) is 3.06. The van der Waals surface area contributed by atoms with Gasteiger partial charge in [0.2, 0.25) is 0 Å². The van der Waals surface area contributed by atoms with Crippen LogP contribution < -0.4 is 0 Å². The van der Waals surface area contributed by atoms with Crippen molar-refractivity contribution < 1.29 is 14.6 Å². The van der Waals surface area contributed by atoms with Crippen LogP contribution in [0, 0.1) is 5.92 Å². The summed E-state index contributed by atoms with van der Waals surface area (Å²) in [5, 5.41) is 8.57. The minimum atomic E-state index is -0.694. The summed E-state index contributed by atoms with van der Waals surface area (Å²) in [5.41, 5.74) is 0.